The number of nitrogens with one attached hydrogen (secondary N) is 1. The molecule has 0 unspecified atom stereocenters. The van der Waals surface area contributed by atoms with E-state index in [0.29, 0.717) is 12.8 Å². The molecule has 0 heterocycles. The van der Waals surface area contributed by atoms with E-state index in [2.05, 4.69) is 10.1 Å². The number of methoxy groups -OCH3 is 2. The Kier molecular flexibility index (Phi) is 7.60. The van der Waals surface area contributed by atoms with Crippen LogP contribution in [0.4, 0.5) is 5.69 Å². The maximum Gasteiger partial charge on any atom is 0.341 e. The first kappa shape index (κ1) is 23.0. The molecule has 0 fully saturated rings. The first-order valence-electron chi connectivity index (χ1n) is 8.91. The monoisotopic (exact) mass is 439 g/mol. The second-order valence-corrected chi connectivity index (χ2v) is 6.75. The smallest absolute Gasteiger partial charge is 0.341 e. The van der Waals surface area contributed by atoms with Crippen LogP contribution in [0.15, 0.2) is 18.2 Å². The molecule has 30 heavy (non-hydrogen) atoms. The molecule has 0 radical (unpaired) electrons. The van der Waals surface area contributed by atoms with Gasteiger partial charge < -0.3 is 35.2 Å². The number of unbranched alkanes of at least 4 members (excludes halogenated alkanes) is 1. The van der Waals surface area contributed by atoms with Gasteiger partial charge >= 0.3 is 5.97 Å². The van der Waals surface area contributed by atoms with Gasteiger partial charge in [-0.2, -0.15) is 0 Å². The van der Waals surface area contributed by atoms with Crippen LogP contribution in [0.25, 0.3) is 0 Å². The van der Waals surface area contributed by atoms with Crippen molar-refractivity contribution in [1.29, 1.82) is 0 Å². The third kappa shape index (κ3) is 5.18. The maximum atomic E-state index is 12.1. The van der Waals surface area contributed by atoms with E-state index in [0.717, 1.165) is 13.2 Å². The molecular weight excluding hydrogens is 418 g/mol. The highest BCUT2D eigenvalue weighted by Crippen LogP contribution is 2.38. The zero-order chi connectivity index (χ0) is 22.4. The third-order valence-electron chi connectivity index (χ3n) is 4.36. The summed E-state index contributed by atoms with van der Waals surface area (Å²) in [5, 5.41) is 41.8. The lowest BCUT2D eigenvalue weighted by Crippen LogP contribution is -2.12. The number of benzene rings is 2. The molecule has 9 nitrogen and oxygen atoms in total. The molecule has 162 valence electrons. The normalized spacial score (nSPS) is 10.5. The van der Waals surface area contributed by atoms with Crippen molar-refractivity contribution >= 4 is 29.2 Å². The summed E-state index contributed by atoms with van der Waals surface area (Å²) < 4.78 is 9.51. The molecule has 5 N–H and O–H groups in total. The van der Waals surface area contributed by atoms with Gasteiger partial charge in [0.05, 0.1) is 24.9 Å². The maximum absolute atomic E-state index is 12.1. The van der Waals surface area contributed by atoms with E-state index >= 15 is 0 Å². The number of rotatable bonds is 8. The number of aromatic hydroxyl groups is 4. The van der Waals surface area contributed by atoms with Gasteiger partial charge in [0, 0.05) is 24.6 Å². The number of ether oxygens (including phenoxy) is 2. The van der Waals surface area contributed by atoms with Crippen LogP contribution in [0, 0.1) is 0 Å². The SMILES string of the molecule is COC(=O)c1c(O)cc(O)c(Cl)c1CCCCC(=O)Nc1cc(O)c(OC)cc1O. The molecular formula is C20H22ClNO8. The zero-order valence-corrected chi connectivity index (χ0v) is 17.1. The lowest BCUT2D eigenvalue weighted by Gasteiger charge is -2.13. The van der Waals surface area contributed by atoms with Gasteiger partial charge in [-0.1, -0.05) is 11.6 Å². The number of amides is 1. The van der Waals surface area contributed by atoms with Gasteiger partial charge in [-0.25, -0.2) is 4.79 Å². The molecule has 0 aliphatic rings. The molecule has 0 saturated carbocycles. The Morgan fingerprint density at radius 1 is 0.967 bits per heavy atom. The van der Waals surface area contributed by atoms with E-state index in [1.165, 1.54) is 19.2 Å². The Morgan fingerprint density at radius 2 is 1.67 bits per heavy atom. The minimum atomic E-state index is -0.795. The number of phenols is 4. The number of esters is 1. The van der Waals surface area contributed by atoms with Crippen molar-refractivity contribution in [3.05, 3.63) is 34.3 Å². The molecule has 0 atom stereocenters. The summed E-state index contributed by atoms with van der Waals surface area (Å²) in [7, 11) is 2.49. The van der Waals surface area contributed by atoms with Gasteiger partial charge in [0.15, 0.2) is 11.5 Å². The Hall–Kier alpha value is -3.33. The van der Waals surface area contributed by atoms with E-state index < -0.39 is 17.6 Å². The standard InChI is InChI=1S/C20H22ClNO8/c1-29-16-9-12(23)11(7-13(16)24)22-17(27)6-4-3-5-10-18(20(28)30-2)14(25)8-15(26)19(10)21/h7-9,23-26H,3-6H2,1-2H3,(H,22,27). The number of anilines is 1. The second-order valence-electron chi connectivity index (χ2n) is 6.37. The fourth-order valence-electron chi connectivity index (χ4n) is 2.87. The molecule has 0 bridgehead atoms. The van der Waals surface area contributed by atoms with Crippen molar-refractivity contribution in [3.8, 4) is 28.7 Å². The van der Waals surface area contributed by atoms with Gasteiger partial charge in [-0.05, 0) is 24.8 Å². The first-order valence-corrected chi connectivity index (χ1v) is 9.28. The molecule has 0 aliphatic carbocycles. The zero-order valence-electron chi connectivity index (χ0n) is 16.4. The van der Waals surface area contributed by atoms with Crippen LogP contribution < -0.4 is 10.1 Å². The van der Waals surface area contributed by atoms with Gasteiger partial charge in [-0.15, -0.1) is 0 Å². The fraction of sp³-hybridized carbons (Fsp3) is 0.300. The van der Waals surface area contributed by atoms with E-state index in [9.17, 15) is 30.0 Å². The Labute approximate surface area is 177 Å². The average molecular weight is 440 g/mol. The highest BCUT2D eigenvalue weighted by molar-refractivity contribution is 6.33. The molecule has 0 aliphatic heterocycles. The van der Waals surface area contributed by atoms with E-state index in [4.69, 9.17) is 16.3 Å². The van der Waals surface area contributed by atoms with Crippen LogP contribution in [0.2, 0.25) is 5.02 Å². The lowest BCUT2D eigenvalue weighted by molar-refractivity contribution is -0.116. The van der Waals surface area contributed by atoms with Crippen LogP contribution in [-0.2, 0) is 16.0 Å². The number of carbonyl (C=O) groups is 2. The Bertz CT molecular complexity index is 961. The van der Waals surface area contributed by atoms with Crippen molar-refractivity contribution in [2.45, 2.75) is 25.7 Å². The van der Waals surface area contributed by atoms with Crippen LogP contribution in [0.1, 0.15) is 35.2 Å². The topological polar surface area (TPSA) is 146 Å². The largest absolute Gasteiger partial charge is 0.507 e. The van der Waals surface area contributed by atoms with Crippen LogP contribution >= 0.6 is 11.6 Å². The molecule has 2 aromatic rings. The van der Waals surface area contributed by atoms with Crippen molar-refractivity contribution in [1.82, 2.24) is 0 Å². The number of hydrogen-bond donors (Lipinski definition) is 5. The summed E-state index contributed by atoms with van der Waals surface area (Å²) in [6, 6.07) is 3.31. The summed E-state index contributed by atoms with van der Waals surface area (Å²) in [5.74, 6) is -2.46. The highest BCUT2D eigenvalue weighted by Gasteiger charge is 2.22. The van der Waals surface area contributed by atoms with Crippen molar-refractivity contribution < 1.29 is 39.5 Å². The minimum Gasteiger partial charge on any atom is -0.507 e. The van der Waals surface area contributed by atoms with Gasteiger partial charge in [0.2, 0.25) is 5.91 Å². The second kappa shape index (κ2) is 9.93. The Morgan fingerprint density at radius 3 is 2.30 bits per heavy atom. The van der Waals surface area contributed by atoms with Crippen molar-refractivity contribution in [2.24, 2.45) is 0 Å². The molecule has 1 amide bonds. The van der Waals surface area contributed by atoms with Crippen molar-refractivity contribution in [2.75, 3.05) is 19.5 Å². The number of halogens is 1. The lowest BCUT2D eigenvalue weighted by atomic mass is 9.99. The van der Waals surface area contributed by atoms with Crippen LogP contribution in [0.5, 0.6) is 28.7 Å². The molecule has 0 spiro atoms. The molecule has 2 aromatic carbocycles. The average Bonchev–Trinajstić information content (AvgIpc) is 2.70. The predicted octanol–water partition coefficient (Wildman–Crippen LogP) is 3.31. The van der Waals surface area contributed by atoms with E-state index in [-0.39, 0.29) is 57.7 Å². The van der Waals surface area contributed by atoms with Gasteiger partial charge in [0.1, 0.15) is 22.8 Å². The predicted molar refractivity (Wildman–Crippen MR) is 109 cm³/mol. The number of carbonyl (C=O) groups excluding carboxylic acids is 2. The summed E-state index contributed by atoms with van der Waals surface area (Å²) in [6.45, 7) is 0. The van der Waals surface area contributed by atoms with Gasteiger partial charge in [0.25, 0.3) is 0 Å². The fourth-order valence-corrected chi connectivity index (χ4v) is 3.11. The van der Waals surface area contributed by atoms with Crippen LogP contribution in [0.3, 0.4) is 0 Å². The number of hydrogen-bond acceptors (Lipinski definition) is 8. The van der Waals surface area contributed by atoms with E-state index in [1.807, 2.05) is 0 Å². The quantitative estimate of drug-likeness (QED) is 0.182. The summed E-state index contributed by atoms with van der Waals surface area (Å²) >= 11 is 6.07. The first-order chi connectivity index (χ1) is 14.2. The third-order valence-corrected chi connectivity index (χ3v) is 4.78. The Balaban J connectivity index is 2.00. The molecule has 10 heteroatoms. The summed E-state index contributed by atoms with van der Waals surface area (Å²) in [6.07, 6.45) is 1.05. The summed E-state index contributed by atoms with van der Waals surface area (Å²) in [4.78, 5) is 24.1. The summed E-state index contributed by atoms with van der Waals surface area (Å²) in [5.41, 5.74) is 0.120. The van der Waals surface area contributed by atoms with Crippen LogP contribution in [-0.4, -0.2) is 46.5 Å². The molecule has 2 rings (SSSR count). The number of phenolic OH excluding ortho intramolecular Hbond substituents is 4. The minimum absolute atomic E-state index is 0.0345. The molecule has 0 saturated heterocycles. The van der Waals surface area contributed by atoms with Gasteiger partial charge in [-0.3, -0.25) is 4.79 Å². The molecule has 0 aromatic heterocycles. The van der Waals surface area contributed by atoms with E-state index in [1.54, 1.807) is 0 Å². The highest BCUT2D eigenvalue weighted by atomic mass is 35.5. The van der Waals surface area contributed by atoms with Crippen molar-refractivity contribution in [3.63, 3.8) is 0 Å².